The van der Waals surface area contributed by atoms with Crippen LogP contribution < -0.4 is 3.71 Å². The molecule has 0 radical (unpaired) electrons. The normalized spacial score (nSPS) is 14.3. The fourth-order valence-electron chi connectivity index (χ4n) is 4.60. The molecule has 1 aromatic heterocycles. The predicted molar refractivity (Wildman–Crippen MR) is 116 cm³/mol. The van der Waals surface area contributed by atoms with E-state index in [0.717, 1.165) is 3.93 Å². The van der Waals surface area contributed by atoms with Crippen molar-refractivity contribution < 1.29 is 0 Å². The third-order valence-corrected chi connectivity index (χ3v) is 23.8. The summed E-state index contributed by atoms with van der Waals surface area (Å²) >= 11 is -2.62. The third kappa shape index (κ3) is 6.00. The SMILES string of the molecule is CCC[CH2][Sn]([CH2]CCC)([c]1cn(C(C)C)cn1)[CH](CCC)C(C)(C)C. The van der Waals surface area contributed by atoms with Gasteiger partial charge in [0.1, 0.15) is 0 Å². The van der Waals surface area contributed by atoms with Crippen LogP contribution in [0.1, 0.15) is 100.0 Å². The van der Waals surface area contributed by atoms with Gasteiger partial charge in [-0.05, 0) is 0 Å². The second-order valence-corrected chi connectivity index (χ2v) is 22.3. The summed E-state index contributed by atoms with van der Waals surface area (Å²) in [5.74, 6) is 0. The molecule has 0 saturated heterocycles. The summed E-state index contributed by atoms with van der Waals surface area (Å²) < 4.78 is 7.79. The minimum atomic E-state index is -2.62. The van der Waals surface area contributed by atoms with Crippen molar-refractivity contribution in [2.75, 3.05) is 0 Å². The molecule has 0 aliphatic heterocycles. The van der Waals surface area contributed by atoms with Crippen LogP contribution in [0.2, 0.25) is 12.8 Å². The minimum absolute atomic E-state index is 0.398. The molecule has 0 saturated carbocycles. The second kappa shape index (κ2) is 10.4. The monoisotopic (exact) mass is 456 g/mol. The molecule has 0 spiro atoms. The van der Waals surface area contributed by atoms with Gasteiger partial charge in [0.05, 0.1) is 0 Å². The van der Waals surface area contributed by atoms with Crippen LogP contribution in [0.3, 0.4) is 0 Å². The topological polar surface area (TPSA) is 17.8 Å². The molecular weight excluding hydrogens is 411 g/mol. The number of aromatic nitrogens is 2. The van der Waals surface area contributed by atoms with Crippen molar-refractivity contribution in [1.29, 1.82) is 0 Å². The van der Waals surface area contributed by atoms with Crippen LogP contribution in [-0.4, -0.2) is 27.9 Å². The summed E-state index contributed by atoms with van der Waals surface area (Å²) in [6.07, 6.45) is 12.7. The van der Waals surface area contributed by atoms with Crippen LogP contribution in [0.25, 0.3) is 0 Å². The van der Waals surface area contributed by atoms with Crippen LogP contribution >= 0.6 is 0 Å². The molecule has 0 amide bonds. The molecule has 0 bridgehead atoms. The first kappa shape index (κ1) is 23.0. The molecule has 1 aromatic rings. The summed E-state index contributed by atoms with van der Waals surface area (Å²) in [7, 11) is 0. The number of imidazole rings is 1. The van der Waals surface area contributed by atoms with Crippen molar-refractivity contribution in [1.82, 2.24) is 9.55 Å². The van der Waals surface area contributed by atoms with Gasteiger partial charge in [-0.1, -0.05) is 0 Å². The standard InChI is InChI=1S/C8H17.C6H9N2.2C4H9.Sn/c1-5-6-7-8(2,3)4;1-6(2)8-4-3-7-5-8;2*1-3-4-2;/h7H,5-6H2,1-4H3;4-6H,1-2H3;2*1,3-4H2,2H3;. The zero-order valence-corrected chi connectivity index (χ0v) is 21.2. The molecule has 1 heterocycles. The number of rotatable bonds is 11. The van der Waals surface area contributed by atoms with Gasteiger partial charge in [0.25, 0.3) is 0 Å². The number of nitrogens with zero attached hydrogens (tertiary/aromatic N) is 2. The molecule has 1 atom stereocenters. The van der Waals surface area contributed by atoms with E-state index in [1.54, 1.807) is 3.71 Å². The summed E-state index contributed by atoms with van der Waals surface area (Å²) in [6.45, 7) is 19.1. The maximum atomic E-state index is 5.09. The van der Waals surface area contributed by atoms with Crippen molar-refractivity contribution in [3.8, 4) is 0 Å². The van der Waals surface area contributed by atoms with Crippen LogP contribution in [0.15, 0.2) is 12.5 Å². The average molecular weight is 455 g/mol. The van der Waals surface area contributed by atoms with Gasteiger partial charge in [-0.25, -0.2) is 0 Å². The van der Waals surface area contributed by atoms with Gasteiger partial charge in [0.2, 0.25) is 0 Å². The van der Waals surface area contributed by atoms with Crippen LogP contribution in [-0.2, 0) is 0 Å². The molecule has 1 unspecified atom stereocenters. The van der Waals surface area contributed by atoms with E-state index >= 15 is 0 Å². The van der Waals surface area contributed by atoms with Gasteiger partial charge in [-0.15, -0.1) is 0 Å². The average Bonchev–Trinajstić information content (AvgIpc) is 3.03. The molecule has 2 nitrogen and oxygen atoms in total. The van der Waals surface area contributed by atoms with E-state index in [4.69, 9.17) is 4.98 Å². The zero-order chi connectivity index (χ0) is 19.1. The summed E-state index contributed by atoms with van der Waals surface area (Å²) in [5, 5.41) is 0. The molecule has 0 aliphatic rings. The van der Waals surface area contributed by atoms with Crippen molar-refractivity contribution in [2.45, 2.75) is 113 Å². The summed E-state index contributed by atoms with van der Waals surface area (Å²) in [4.78, 5) is 5.09. The van der Waals surface area contributed by atoms with Gasteiger partial charge in [-0.2, -0.15) is 0 Å². The van der Waals surface area contributed by atoms with Crippen molar-refractivity contribution >= 4 is 22.1 Å². The Kier molecular flexibility index (Phi) is 9.56. The van der Waals surface area contributed by atoms with Gasteiger partial charge in [-0.3, -0.25) is 0 Å². The van der Waals surface area contributed by atoms with E-state index in [2.05, 4.69) is 72.5 Å². The van der Waals surface area contributed by atoms with Gasteiger partial charge in [0.15, 0.2) is 0 Å². The van der Waals surface area contributed by atoms with E-state index in [1.165, 1.54) is 47.4 Å². The Balaban J connectivity index is 3.46. The molecule has 0 fully saturated rings. The molecule has 25 heavy (non-hydrogen) atoms. The Morgan fingerprint density at radius 1 is 1.00 bits per heavy atom. The molecule has 0 N–H and O–H groups in total. The second-order valence-electron chi connectivity index (χ2n) is 9.37. The Hall–Kier alpha value is 0.00870. The molecule has 146 valence electrons. The van der Waals surface area contributed by atoms with E-state index < -0.39 is 18.4 Å². The number of unbranched alkanes of at least 4 members (excludes halogenated alkanes) is 2. The van der Waals surface area contributed by atoms with E-state index in [9.17, 15) is 0 Å². The molecule has 0 aromatic carbocycles. The fraction of sp³-hybridized carbons (Fsp3) is 0.864. The molecule has 3 heteroatoms. The summed E-state index contributed by atoms with van der Waals surface area (Å²) in [5.41, 5.74) is 0.398. The van der Waals surface area contributed by atoms with Gasteiger partial charge < -0.3 is 0 Å². The maximum absolute atomic E-state index is 5.09. The zero-order valence-electron chi connectivity index (χ0n) is 18.4. The van der Waals surface area contributed by atoms with Gasteiger partial charge >= 0.3 is 162 Å². The van der Waals surface area contributed by atoms with E-state index in [-0.39, 0.29) is 0 Å². The van der Waals surface area contributed by atoms with Crippen LogP contribution in [0.5, 0.6) is 0 Å². The van der Waals surface area contributed by atoms with Crippen molar-refractivity contribution in [3.05, 3.63) is 12.5 Å². The van der Waals surface area contributed by atoms with E-state index in [1.807, 2.05) is 0 Å². The fourth-order valence-corrected chi connectivity index (χ4v) is 24.6. The van der Waals surface area contributed by atoms with Crippen molar-refractivity contribution in [3.63, 3.8) is 0 Å². The Morgan fingerprint density at radius 2 is 1.56 bits per heavy atom. The van der Waals surface area contributed by atoms with Crippen molar-refractivity contribution in [2.24, 2.45) is 5.41 Å². The Bertz CT molecular complexity index is 476. The van der Waals surface area contributed by atoms with E-state index in [0.29, 0.717) is 11.5 Å². The predicted octanol–water partition coefficient (Wildman–Crippen LogP) is 6.94. The number of hydrogen-bond donors (Lipinski definition) is 0. The molecular formula is C22H44N2Sn. The van der Waals surface area contributed by atoms with Gasteiger partial charge in [0, 0.05) is 0 Å². The first-order chi connectivity index (χ1) is 11.7. The quantitative estimate of drug-likeness (QED) is 0.331. The summed E-state index contributed by atoms with van der Waals surface area (Å²) in [6, 6.07) is 0.516. The Morgan fingerprint density at radius 3 is 1.92 bits per heavy atom. The Labute approximate surface area is 162 Å². The third-order valence-electron chi connectivity index (χ3n) is 5.95. The first-order valence-electron chi connectivity index (χ1n) is 10.8. The molecule has 1 rings (SSSR count). The van der Waals surface area contributed by atoms with Crippen LogP contribution in [0.4, 0.5) is 0 Å². The van der Waals surface area contributed by atoms with Crippen LogP contribution in [0, 0.1) is 5.41 Å². The molecule has 0 aliphatic carbocycles. The number of hydrogen-bond acceptors (Lipinski definition) is 1. The first-order valence-corrected chi connectivity index (χ1v) is 17.9.